The van der Waals surface area contributed by atoms with Crippen molar-refractivity contribution in [3.63, 3.8) is 0 Å². The zero-order valence-electron chi connectivity index (χ0n) is 9.13. The van der Waals surface area contributed by atoms with E-state index in [2.05, 4.69) is 16.8 Å². The van der Waals surface area contributed by atoms with Gasteiger partial charge in [0.2, 0.25) is 0 Å². The number of hydrogen-bond donors (Lipinski definition) is 0. The largest absolute Gasteiger partial charge is 0.263 e. The molecular formula is C12H16ClN. The molecule has 1 rings (SSSR count). The molecule has 0 fully saturated rings. The molecular weight excluding hydrogens is 194 g/mol. The van der Waals surface area contributed by atoms with Gasteiger partial charge in [0.05, 0.1) is 5.02 Å². The third kappa shape index (κ3) is 4.89. The van der Waals surface area contributed by atoms with Crippen LogP contribution < -0.4 is 0 Å². The Morgan fingerprint density at radius 3 is 2.50 bits per heavy atom. The molecule has 0 aliphatic rings. The van der Waals surface area contributed by atoms with Crippen molar-refractivity contribution in [1.82, 2.24) is 4.98 Å². The number of halogens is 1. The minimum absolute atomic E-state index is 0.370. The van der Waals surface area contributed by atoms with Crippen molar-refractivity contribution < 1.29 is 0 Å². The average molecular weight is 210 g/mol. The summed E-state index contributed by atoms with van der Waals surface area (Å²) in [5.41, 5.74) is 0.848. The van der Waals surface area contributed by atoms with Gasteiger partial charge in [0, 0.05) is 23.9 Å². The minimum atomic E-state index is 0.370. The Hall–Kier alpha value is -1.00. The summed E-state index contributed by atoms with van der Waals surface area (Å²) >= 11 is 5.84. The first-order valence-corrected chi connectivity index (χ1v) is 5.19. The number of rotatable bonds is 0. The molecule has 1 nitrogen and oxygen atoms in total. The molecule has 0 aliphatic heterocycles. The maximum atomic E-state index is 5.84. The fourth-order valence-corrected chi connectivity index (χ4v) is 0.865. The van der Waals surface area contributed by atoms with Crippen LogP contribution in [0.2, 0.25) is 5.02 Å². The molecule has 0 radical (unpaired) electrons. The van der Waals surface area contributed by atoms with Crippen LogP contribution in [0.15, 0.2) is 18.5 Å². The summed E-state index contributed by atoms with van der Waals surface area (Å²) in [6.45, 7) is 8.09. The molecule has 14 heavy (non-hydrogen) atoms. The summed E-state index contributed by atoms with van der Waals surface area (Å²) in [6, 6.07) is 1.82. The predicted octanol–water partition coefficient (Wildman–Crippen LogP) is 3.77. The zero-order chi connectivity index (χ0) is 11.0. The summed E-state index contributed by atoms with van der Waals surface area (Å²) in [4.78, 5) is 3.87. The molecule has 76 valence electrons. The molecule has 0 saturated carbocycles. The van der Waals surface area contributed by atoms with E-state index < -0.39 is 0 Å². The third-order valence-electron chi connectivity index (χ3n) is 1.27. The fourth-order valence-electron chi connectivity index (χ4n) is 0.699. The van der Waals surface area contributed by atoms with Crippen LogP contribution in [-0.4, -0.2) is 4.98 Å². The molecule has 0 aromatic carbocycles. The summed E-state index contributed by atoms with van der Waals surface area (Å²) in [5, 5.41) is 0.616. The quantitative estimate of drug-likeness (QED) is 0.593. The summed E-state index contributed by atoms with van der Waals surface area (Å²) in [7, 11) is 0. The molecule has 0 bridgehead atoms. The lowest BCUT2D eigenvalue weighted by atomic mass is 10.2. The Balaban J connectivity index is 0.000000791. The molecule has 0 N–H and O–H groups in total. The van der Waals surface area contributed by atoms with Crippen molar-refractivity contribution in [1.29, 1.82) is 0 Å². The number of nitrogens with zero attached hydrogens (tertiary/aromatic N) is 1. The van der Waals surface area contributed by atoms with Crippen molar-refractivity contribution >= 4 is 11.6 Å². The normalized spacial score (nSPS) is 8.43. The van der Waals surface area contributed by atoms with Gasteiger partial charge in [0.15, 0.2) is 0 Å². The summed E-state index contributed by atoms with van der Waals surface area (Å²) < 4.78 is 0. The Kier molecular flexibility index (Phi) is 6.88. The second-order valence-electron chi connectivity index (χ2n) is 2.78. The number of aromatic nitrogens is 1. The van der Waals surface area contributed by atoms with Gasteiger partial charge in [-0.3, -0.25) is 4.98 Å². The molecule has 0 aliphatic carbocycles. The van der Waals surface area contributed by atoms with Gasteiger partial charge in [0.25, 0.3) is 0 Å². The van der Waals surface area contributed by atoms with Gasteiger partial charge in [-0.05, 0) is 6.07 Å². The van der Waals surface area contributed by atoms with E-state index in [-0.39, 0.29) is 0 Å². The van der Waals surface area contributed by atoms with E-state index in [1.807, 2.05) is 33.8 Å². The maximum Gasteiger partial charge on any atom is 0.0745 e. The van der Waals surface area contributed by atoms with E-state index in [0.29, 0.717) is 10.9 Å². The number of hydrogen-bond acceptors (Lipinski definition) is 1. The van der Waals surface area contributed by atoms with Gasteiger partial charge in [-0.25, -0.2) is 0 Å². The predicted molar refractivity (Wildman–Crippen MR) is 62.3 cm³/mol. The molecule has 1 aromatic rings. The SMILES string of the molecule is CC.CC(C)C#Cc1ccncc1Cl. The first-order chi connectivity index (χ1) is 6.70. The zero-order valence-corrected chi connectivity index (χ0v) is 9.89. The van der Waals surface area contributed by atoms with Crippen molar-refractivity contribution in [2.45, 2.75) is 27.7 Å². The van der Waals surface area contributed by atoms with Crippen LogP contribution in [-0.2, 0) is 0 Å². The van der Waals surface area contributed by atoms with Gasteiger partial charge in [0.1, 0.15) is 0 Å². The van der Waals surface area contributed by atoms with Crippen LogP contribution in [0.4, 0.5) is 0 Å². The van der Waals surface area contributed by atoms with Crippen LogP contribution in [0.25, 0.3) is 0 Å². The van der Waals surface area contributed by atoms with Crippen molar-refractivity contribution in [3.8, 4) is 11.8 Å². The Morgan fingerprint density at radius 1 is 1.36 bits per heavy atom. The molecule has 0 unspecified atom stereocenters. The standard InChI is InChI=1S/C10H10ClN.C2H6/c1-8(2)3-4-9-5-6-12-7-10(9)11;1-2/h5-8H,1-2H3;1-2H3. The van der Waals surface area contributed by atoms with Gasteiger partial charge in [-0.2, -0.15) is 0 Å². The Labute approximate surface area is 91.5 Å². The van der Waals surface area contributed by atoms with Crippen molar-refractivity contribution in [2.24, 2.45) is 5.92 Å². The topological polar surface area (TPSA) is 12.9 Å². The lowest BCUT2D eigenvalue weighted by Crippen LogP contribution is -1.81. The smallest absolute Gasteiger partial charge is 0.0745 e. The molecule has 0 spiro atoms. The van der Waals surface area contributed by atoms with E-state index >= 15 is 0 Å². The fraction of sp³-hybridized carbons (Fsp3) is 0.417. The molecule has 0 amide bonds. The van der Waals surface area contributed by atoms with E-state index in [1.54, 1.807) is 12.4 Å². The monoisotopic (exact) mass is 209 g/mol. The van der Waals surface area contributed by atoms with Crippen molar-refractivity contribution in [2.75, 3.05) is 0 Å². The maximum absolute atomic E-state index is 5.84. The van der Waals surface area contributed by atoms with Crippen LogP contribution in [0, 0.1) is 17.8 Å². The van der Waals surface area contributed by atoms with E-state index in [1.165, 1.54) is 0 Å². The second-order valence-corrected chi connectivity index (χ2v) is 3.19. The summed E-state index contributed by atoms with van der Waals surface area (Å²) in [5.74, 6) is 6.40. The molecule has 2 heteroatoms. The Morgan fingerprint density at radius 2 is 2.00 bits per heavy atom. The van der Waals surface area contributed by atoms with E-state index in [0.717, 1.165) is 5.56 Å². The highest BCUT2D eigenvalue weighted by atomic mass is 35.5. The minimum Gasteiger partial charge on any atom is -0.263 e. The van der Waals surface area contributed by atoms with Gasteiger partial charge in [-0.15, -0.1) is 0 Å². The first kappa shape index (κ1) is 13.0. The lowest BCUT2D eigenvalue weighted by Gasteiger charge is -1.93. The number of pyridine rings is 1. The second kappa shape index (κ2) is 7.41. The molecule has 1 aromatic heterocycles. The third-order valence-corrected chi connectivity index (χ3v) is 1.57. The highest BCUT2D eigenvalue weighted by molar-refractivity contribution is 6.31. The molecule has 0 atom stereocenters. The van der Waals surface area contributed by atoms with Crippen molar-refractivity contribution in [3.05, 3.63) is 29.0 Å². The first-order valence-electron chi connectivity index (χ1n) is 4.81. The van der Waals surface area contributed by atoms with Gasteiger partial charge < -0.3 is 0 Å². The van der Waals surface area contributed by atoms with Crippen LogP contribution in [0.3, 0.4) is 0 Å². The average Bonchev–Trinajstić information content (AvgIpc) is 2.19. The van der Waals surface area contributed by atoms with E-state index in [4.69, 9.17) is 11.6 Å². The highest BCUT2D eigenvalue weighted by Gasteiger charge is 1.93. The van der Waals surface area contributed by atoms with Crippen LogP contribution >= 0.6 is 11.6 Å². The molecule has 1 heterocycles. The van der Waals surface area contributed by atoms with Crippen LogP contribution in [0.1, 0.15) is 33.3 Å². The van der Waals surface area contributed by atoms with Crippen LogP contribution in [0.5, 0.6) is 0 Å². The Bertz CT molecular complexity index is 321. The van der Waals surface area contributed by atoms with E-state index in [9.17, 15) is 0 Å². The lowest BCUT2D eigenvalue weighted by molar-refractivity contribution is 0.866. The van der Waals surface area contributed by atoms with Gasteiger partial charge in [-0.1, -0.05) is 51.1 Å². The summed E-state index contributed by atoms with van der Waals surface area (Å²) in [6.07, 6.45) is 3.29. The highest BCUT2D eigenvalue weighted by Crippen LogP contribution is 2.11. The van der Waals surface area contributed by atoms with Gasteiger partial charge >= 0.3 is 0 Å². The molecule has 0 saturated heterocycles.